The lowest BCUT2D eigenvalue weighted by atomic mass is 10.6. The Hall–Kier alpha value is 0.130. The van der Waals surface area contributed by atoms with Gasteiger partial charge in [0.05, 0.1) is 5.75 Å². The fourth-order valence-corrected chi connectivity index (χ4v) is 2.00. The lowest BCUT2D eigenvalue weighted by Crippen LogP contribution is -1.90. The van der Waals surface area contributed by atoms with Crippen LogP contribution in [0.3, 0.4) is 0 Å². The summed E-state index contributed by atoms with van der Waals surface area (Å²) >= 11 is 8.17. The first-order chi connectivity index (χ1) is 5.18. The zero-order valence-electron chi connectivity index (χ0n) is 6.46. The zero-order valence-corrected chi connectivity index (χ0v) is 8.91. The van der Waals surface area contributed by atoms with Gasteiger partial charge in [0.25, 0.3) is 0 Å². The van der Waals surface area contributed by atoms with Crippen LogP contribution in [-0.4, -0.2) is 14.6 Å². The lowest BCUT2D eigenvalue weighted by molar-refractivity contribution is 1.08. The van der Waals surface area contributed by atoms with Crippen molar-refractivity contribution < 1.29 is 0 Å². The zero-order chi connectivity index (χ0) is 8.27. The van der Waals surface area contributed by atoms with E-state index in [9.17, 15) is 0 Å². The maximum Gasteiger partial charge on any atom is 0.198 e. The van der Waals surface area contributed by atoms with E-state index in [0.29, 0.717) is 9.20 Å². The van der Waals surface area contributed by atoms with E-state index in [-0.39, 0.29) is 0 Å². The Morgan fingerprint density at radius 2 is 2.45 bits per heavy atom. The molecule has 0 fully saturated rings. The maximum atomic E-state index is 4.88. The number of aromatic amines is 1. The van der Waals surface area contributed by atoms with Crippen LogP contribution in [-0.2, 0) is 5.75 Å². The average molecular weight is 206 g/mol. The Kier molecular flexibility index (Phi) is 3.54. The molecule has 1 heterocycles. The van der Waals surface area contributed by atoms with Crippen molar-refractivity contribution in [3.63, 3.8) is 0 Å². The van der Waals surface area contributed by atoms with Crippen LogP contribution in [0.15, 0.2) is 0 Å². The molecule has 62 valence electrons. The van der Waals surface area contributed by atoms with Crippen molar-refractivity contribution in [1.82, 2.24) is 9.36 Å². The second-order valence-corrected chi connectivity index (χ2v) is 5.39. The average Bonchev–Trinajstić information content (AvgIpc) is 2.31. The highest BCUT2D eigenvalue weighted by molar-refractivity contribution is 7.99. The Morgan fingerprint density at radius 1 is 1.73 bits per heavy atom. The van der Waals surface area contributed by atoms with E-state index in [1.54, 1.807) is 0 Å². The number of aromatic nitrogens is 2. The summed E-state index contributed by atoms with van der Waals surface area (Å²) in [6.07, 6.45) is 0. The Balaban J connectivity index is 2.45. The third-order valence-corrected chi connectivity index (χ3v) is 3.09. The van der Waals surface area contributed by atoms with Gasteiger partial charge in [0.2, 0.25) is 0 Å². The fraction of sp³-hybridized carbons (Fsp3) is 0.667. The topological polar surface area (TPSA) is 28.7 Å². The van der Waals surface area contributed by atoms with Crippen molar-refractivity contribution in [3.8, 4) is 0 Å². The van der Waals surface area contributed by atoms with Crippen LogP contribution >= 0.6 is 35.5 Å². The molecule has 0 aliphatic carbocycles. The van der Waals surface area contributed by atoms with Gasteiger partial charge in [0, 0.05) is 0 Å². The standard InChI is InChI=1S/C6H10N2S3/c1-4(2)10-3-5-7-6(9)11-8-5/h4H,3H2,1-2H3,(H,7,8,9). The summed E-state index contributed by atoms with van der Waals surface area (Å²) in [7, 11) is 0. The quantitative estimate of drug-likeness (QED) is 0.771. The molecule has 0 aromatic carbocycles. The second kappa shape index (κ2) is 4.23. The highest BCUT2D eigenvalue weighted by Gasteiger charge is 1.98. The molecule has 0 saturated carbocycles. The molecule has 1 aromatic rings. The van der Waals surface area contributed by atoms with Crippen LogP contribution in [0.2, 0.25) is 0 Å². The Bertz CT molecular complexity index is 263. The molecule has 0 amide bonds. The van der Waals surface area contributed by atoms with Crippen molar-refractivity contribution in [2.75, 3.05) is 0 Å². The molecule has 0 radical (unpaired) electrons. The number of hydrogen-bond donors (Lipinski definition) is 1. The molecular weight excluding hydrogens is 196 g/mol. The van der Waals surface area contributed by atoms with Gasteiger partial charge in [0.15, 0.2) is 3.95 Å². The number of rotatable bonds is 3. The minimum atomic E-state index is 0.652. The van der Waals surface area contributed by atoms with Crippen LogP contribution in [0, 0.1) is 3.95 Å². The van der Waals surface area contributed by atoms with Crippen LogP contribution < -0.4 is 0 Å². The van der Waals surface area contributed by atoms with Crippen molar-refractivity contribution >= 4 is 35.5 Å². The molecule has 2 nitrogen and oxygen atoms in total. The minimum Gasteiger partial charge on any atom is -0.296 e. The summed E-state index contributed by atoms with van der Waals surface area (Å²) in [5, 5.41) is 0.652. The van der Waals surface area contributed by atoms with Gasteiger partial charge >= 0.3 is 0 Å². The fourth-order valence-electron chi connectivity index (χ4n) is 0.566. The third-order valence-electron chi connectivity index (χ3n) is 1.04. The van der Waals surface area contributed by atoms with Crippen molar-refractivity contribution in [2.24, 2.45) is 0 Å². The van der Waals surface area contributed by atoms with Crippen LogP contribution in [0.1, 0.15) is 19.7 Å². The van der Waals surface area contributed by atoms with E-state index in [1.165, 1.54) is 11.5 Å². The van der Waals surface area contributed by atoms with Gasteiger partial charge < -0.3 is 0 Å². The Morgan fingerprint density at radius 3 is 2.91 bits per heavy atom. The van der Waals surface area contributed by atoms with Crippen molar-refractivity contribution in [1.29, 1.82) is 0 Å². The number of nitrogens with one attached hydrogen (secondary N) is 1. The summed E-state index contributed by atoms with van der Waals surface area (Å²) in [6.45, 7) is 4.34. The molecule has 5 heteroatoms. The van der Waals surface area contributed by atoms with E-state index < -0.39 is 0 Å². The minimum absolute atomic E-state index is 0.652. The number of nitrogens with zero attached hydrogens (tertiary/aromatic N) is 1. The Labute approximate surface area is 79.6 Å². The highest BCUT2D eigenvalue weighted by Crippen LogP contribution is 2.14. The third kappa shape index (κ3) is 3.35. The SMILES string of the molecule is CC(C)SCc1nc(=S)s[nH]1. The molecule has 0 saturated heterocycles. The van der Waals surface area contributed by atoms with Gasteiger partial charge in [-0.2, -0.15) is 11.8 Å². The molecule has 1 rings (SSSR count). The molecule has 1 aromatic heterocycles. The van der Waals surface area contributed by atoms with Gasteiger partial charge in [-0.3, -0.25) is 4.37 Å². The summed E-state index contributed by atoms with van der Waals surface area (Å²) in [5.74, 6) is 1.93. The molecule has 0 unspecified atom stereocenters. The van der Waals surface area contributed by atoms with Gasteiger partial charge in [-0.25, -0.2) is 4.98 Å². The highest BCUT2D eigenvalue weighted by atomic mass is 32.2. The van der Waals surface area contributed by atoms with E-state index in [4.69, 9.17) is 12.2 Å². The molecule has 11 heavy (non-hydrogen) atoms. The number of H-pyrrole nitrogens is 1. The molecule has 0 aliphatic rings. The molecular formula is C6H10N2S3. The first-order valence-corrected chi connectivity index (χ1v) is 5.62. The summed E-state index contributed by atoms with van der Waals surface area (Å²) in [4.78, 5) is 4.14. The maximum absolute atomic E-state index is 4.88. The van der Waals surface area contributed by atoms with E-state index in [2.05, 4.69) is 23.2 Å². The van der Waals surface area contributed by atoms with Gasteiger partial charge in [0.1, 0.15) is 5.82 Å². The van der Waals surface area contributed by atoms with Crippen LogP contribution in [0.25, 0.3) is 0 Å². The summed E-state index contributed by atoms with van der Waals surface area (Å²) in [6, 6.07) is 0. The van der Waals surface area contributed by atoms with E-state index in [1.807, 2.05) is 11.8 Å². The number of hydrogen-bond acceptors (Lipinski definition) is 4. The first-order valence-electron chi connectivity index (χ1n) is 3.34. The molecule has 0 atom stereocenters. The van der Waals surface area contributed by atoms with Crippen LogP contribution in [0.5, 0.6) is 0 Å². The van der Waals surface area contributed by atoms with E-state index >= 15 is 0 Å². The first kappa shape index (κ1) is 9.22. The number of thioether (sulfide) groups is 1. The molecule has 0 bridgehead atoms. The smallest absolute Gasteiger partial charge is 0.198 e. The predicted octanol–water partition coefficient (Wildman–Crippen LogP) is 2.84. The molecule has 0 spiro atoms. The van der Waals surface area contributed by atoms with Gasteiger partial charge in [-0.15, -0.1) is 0 Å². The lowest BCUT2D eigenvalue weighted by Gasteiger charge is -1.99. The van der Waals surface area contributed by atoms with Crippen molar-refractivity contribution in [2.45, 2.75) is 24.9 Å². The van der Waals surface area contributed by atoms with E-state index in [0.717, 1.165) is 11.6 Å². The molecule has 1 N–H and O–H groups in total. The summed E-state index contributed by atoms with van der Waals surface area (Å²) < 4.78 is 3.76. The summed E-state index contributed by atoms with van der Waals surface area (Å²) in [5.41, 5.74) is 0. The monoisotopic (exact) mass is 206 g/mol. The largest absolute Gasteiger partial charge is 0.296 e. The normalized spacial score (nSPS) is 10.8. The predicted molar refractivity (Wildman–Crippen MR) is 53.7 cm³/mol. The van der Waals surface area contributed by atoms with Gasteiger partial charge in [-0.05, 0) is 29.0 Å². The van der Waals surface area contributed by atoms with Crippen LogP contribution in [0.4, 0.5) is 0 Å². The van der Waals surface area contributed by atoms with Gasteiger partial charge in [-0.1, -0.05) is 13.8 Å². The van der Waals surface area contributed by atoms with Crippen molar-refractivity contribution in [3.05, 3.63) is 9.78 Å². The second-order valence-electron chi connectivity index (χ2n) is 2.39. The molecule has 0 aliphatic heterocycles.